The van der Waals surface area contributed by atoms with Gasteiger partial charge >= 0.3 is 0 Å². The molecule has 2 aliphatic heterocycles. The van der Waals surface area contributed by atoms with Crippen molar-refractivity contribution in [1.82, 2.24) is 4.67 Å². The predicted octanol–water partition coefficient (Wildman–Crippen LogP) is 3.57. The van der Waals surface area contributed by atoms with E-state index in [1.165, 1.54) is 18.4 Å². The van der Waals surface area contributed by atoms with Gasteiger partial charge in [0.05, 0.1) is 13.2 Å². The second-order valence-electron chi connectivity index (χ2n) is 4.79. The molecule has 1 aromatic carbocycles. The van der Waals surface area contributed by atoms with E-state index in [9.17, 15) is 0 Å². The summed E-state index contributed by atoms with van der Waals surface area (Å²) in [5, 5.41) is 0. The lowest BCUT2D eigenvalue weighted by molar-refractivity contribution is 0.211. The van der Waals surface area contributed by atoms with Crippen LogP contribution in [0.4, 0.5) is 0 Å². The smallest absolute Gasteiger partial charge is 0.207 e. The Labute approximate surface area is 114 Å². The van der Waals surface area contributed by atoms with Gasteiger partial charge in [0.1, 0.15) is 5.75 Å². The van der Waals surface area contributed by atoms with Gasteiger partial charge in [-0.1, -0.05) is 12.1 Å². The Morgan fingerprint density at radius 2 is 2.22 bits per heavy atom. The first-order valence-corrected chi connectivity index (χ1v) is 8.42. The number of hydrogen-bond donors (Lipinski definition) is 0. The van der Waals surface area contributed by atoms with E-state index in [1.807, 2.05) is 12.1 Å². The summed E-state index contributed by atoms with van der Waals surface area (Å²) in [5.74, 6) is 0.896. The molecule has 0 aliphatic carbocycles. The average Bonchev–Trinajstić information content (AvgIpc) is 2.97. The summed E-state index contributed by atoms with van der Waals surface area (Å²) in [5.41, 5.74) is 1.29. The van der Waals surface area contributed by atoms with Crippen LogP contribution in [-0.2, 0) is 10.9 Å². The Morgan fingerprint density at radius 3 is 2.94 bits per heavy atom. The third-order valence-electron chi connectivity index (χ3n) is 3.72. The minimum Gasteiger partial charge on any atom is -0.497 e. The van der Waals surface area contributed by atoms with E-state index in [-0.39, 0.29) is 6.10 Å². The number of nitrogens with zero attached hydrogens (tertiary/aromatic N) is 1. The topological polar surface area (TPSA) is 21.7 Å². The van der Waals surface area contributed by atoms with Crippen LogP contribution in [0.25, 0.3) is 0 Å². The molecule has 3 nitrogen and oxygen atoms in total. The third-order valence-corrected chi connectivity index (χ3v) is 5.89. The van der Waals surface area contributed by atoms with Crippen LogP contribution in [0.1, 0.15) is 18.4 Å². The highest BCUT2D eigenvalue weighted by Gasteiger charge is 2.44. The number of ether oxygens (including phenoxy) is 1. The Bertz CT molecular complexity index is 414. The maximum Gasteiger partial charge on any atom is 0.207 e. The van der Waals surface area contributed by atoms with Crippen LogP contribution in [0.3, 0.4) is 0 Å². The lowest BCUT2D eigenvalue weighted by Gasteiger charge is -2.17. The van der Waals surface area contributed by atoms with E-state index in [0.29, 0.717) is 6.04 Å². The van der Waals surface area contributed by atoms with E-state index in [1.54, 1.807) is 7.11 Å². The minimum atomic E-state index is -0.869. The van der Waals surface area contributed by atoms with Gasteiger partial charge in [-0.15, -0.1) is 0 Å². The van der Waals surface area contributed by atoms with Crippen molar-refractivity contribution in [2.24, 2.45) is 0 Å². The number of hydrogen-bond acceptors (Lipinski definition) is 3. The number of methoxy groups -OCH3 is 1. The summed E-state index contributed by atoms with van der Waals surface area (Å²) in [4.78, 5) is 0. The maximum absolute atomic E-state index is 6.27. The number of halogens is 1. The average molecular weight is 286 g/mol. The monoisotopic (exact) mass is 285 g/mol. The lowest BCUT2D eigenvalue weighted by atomic mass is 10.0. The maximum atomic E-state index is 6.27. The fraction of sp³-hybridized carbons (Fsp3) is 0.538. The molecule has 0 aromatic heterocycles. The van der Waals surface area contributed by atoms with Crippen LogP contribution in [-0.4, -0.2) is 30.5 Å². The number of rotatable bonds is 3. The number of fused-ring (bicyclic) bond motifs is 1. The van der Waals surface area contributed by atoms with Crippen LogP contribution < -0.4 is 4.74 Å². The fourth-order valence-electron chi connectivity index (χ4n) is 2.76. The fourth-order valence-corrected chi connectivity index (χ4v) is 4.99. The Kier molecular flexibility index (Phi) is 3.76. The van der Waals surface area contributed by atoms with E-state index in [2.05, 4.69) is 16.8 Å². The van der Waals surface area contributed by atoms with E-state index in [4.69, 9.17) is 20.5 Å². The molecule has 98 valence electrons. The molecule has 2 heterocycles. The van der Waals surface area contributed by atoms with Gasteiger partial charge in [-0.25, -0.2) is 4.67 Å². The molecule has 0 radical (unpaired) electrons. The van der Waals surface area contributed by atoms with Crippen molar-refractivity contribution in [2.45, 2.75) is 31.4 Å². The summed E-state index contributed by atoms with van der Waals surface area (Å²) >= 11 is 6.27. The second-order valence-corrected chi connectivity index (χ2v) is 6.84. The molecule has 0 spiro atoms. The zero-order chi connectivity index (χ0) is 12.5. The summed E-state index contributed by atoms with van der Waals surface area (Å²) in [6, 6.07) is 8.74. The molecule has 0 saturated carbocycles. The van der Waals surface area contributed by atoms with Crippen LogP contribution in [0.2, 0.25) is 0 Å². The van der Waals surface area contributed by atoms with Gasteiger partial charge in [0.25, 0.3) is 0 Å². The number of benzene rings is 1. The summed E-state index contributed by atoms with van der Waals surface area (Å²) in [6.07, 6.45) is 3.66. The van der Waals surface area contributed by atoms with Gasteiger partial charge < -0.3 is 9.26 Å². The molecule has 2 aliphatic rings. The van der Waals surface area contributed by atoms with Crippen molar-refractivity contribution in [2.75, 3.05) is 13.7 Å². The van der Waals surface area contributed by atoms with E-state index < -0.39 is 7.65 Å². The molecular weight excluding hydrogens is 269 g/mol. The molecule has 0 bridgehead atoms. The van der Waals surface area contributed by atoms with Crippen LogP contribution in [0, 0.1) is 0 Å². The molecule has 1 aromatic rings. The van der Waals surface area contributed by atoms with Gasteiger partial charge in [-0.05, 0) is 41.8 Å². The molecular formula is C13H17ClNO2P. The van der Waals surface area contributed by atoms with Crippen molar-refractivity contribution < 1.29 is 9.26 Å². The van der Waals surface area contributed by atoms with E-state index >= 15 is 0 Å². The highest BCUT2D eigenvalue weighted by molar-refractivity contribution is 7.78. The van der Waals surface area contributed by atoms with E-state index in [0.717, 1.165) is 18.7 Å². The molecule has 5 heteroatoms. The first-order valence-electron chi connectivity index (χ1n) is 6.30. The molecule has 1 unspecified atom stereocenters. The normalized spacial score (nSPS) is 31.6. The Morgan fingerprint density at radius 1 is 1.44 bits per heavy atom. The first kappa shape index (κ1) is 12.7. The van der Waals surface area contributed by atoms with Crippen molar-refractivity contribution in [3.8, 4) is 5.75 Å². The quantitative estimate of drug-likeness (QED) is 0.793. The van der Waals surface area contributed by atoms with Crippen molar-refractivity contribution in [3.63, 3.8) is 0 Å². The van der Waals surface area contributed by atoms with Gasteiger partial charge in [0.2, 0.25) is 7.65 Å². The molecule has 0 amide bonds. The zero-order valence-corrected chi connectivity index (χ0v) is 12.0. The Balaban J connectivity index is 1.68. The highest BCUT2D eigenvalue weighted by atomic mass is 35.7. The van der Waals surface area contributed by atoms with Gasteiger partial charge in [0, 0.05) is 19.0 Å². The van der Waals surface area contributed by atoms with Crippen LogP contribution in [0.5, 0.6) is 5.75 Å². The molecule has 0 N–H and O–H groups in total. The van der Waals surface area contributed by atoms with Gasteiger partial charge in [-0.2, -0.15) is 0 Å². The first-order chi connectivity index (χ1) is 8.78. The SMILES string of the molecule is COc1ccc(C[C@H]2OP(Cl)N3CCC[C@@H]23)cc1. The summed E-state index contributed by atoms with van der Waals surface area (Å²) < 4.78 is 13.4. The van der Waals surface area contributed by atoms with Crippen molar-refractivity contribution in [1.29, 1.82) is 0 Å². The summed E-state index contributed by atoms with van der Waals surface area (Å²) in [6.45, 7) is 1.10. The van der Waals surface area contributed by atoms with Gasteiger partial charge in [-0.3, -0.25) is 0 Å². The zero-order valence-electron chi connectivity index (χ0n) is 10.4. The van der Waals surface area contributed by atoms with Crippen molar-refractivity contribution >= 4 is 18.9 Å². The third kappa shape index (κ3) is 2.37. The Hall–Kier alpha value is -0.340. The van der Waals surface area contributed by atoms with Crippen LogP contribution >= 0.6 is 18.9 Å². The van der Waals surface area contributed by atoms with Crippen LogP contribution in [0.15, 0.2) is 24.3 Å². The molecule has 3 rings (SSSR count). The summed E-state index contributed by atoms with van der Waals surface area (Å²) in [7, 11) is 0.817. The second kappa shape index (κ2) is 5.34. The molecule has 2 saturated heterocycles. The van der Waals surface area contributed by atoms with Gasteiger partial charge in [0.15, 0.2) is 0 Å². The standard InChI is InChI=1S/C13H17ClNO2P/c1-16-11-6-4-10(5-7-11)9-13-12-3-2-8-15(12)18(14)17-13/h4-7,12-13H,2-3,8-9H2,1H3/t12-,13+,18?/m0/s1. The molecule has 18 heavy (non-hydrogen) atoms. The lowest BCUT2D eigenvalue weighted by Crippen LogP contribution is -2.29. The minimum absolute atomic E-state index is 0.254. The highest BCUT2D eigenvalue weighted by Crippen LogP contribution is 2.58. The predicted molar refractivity (Wildman–Crippen MR) is 74.1 cm³/mol. The molecule has 3 atom stereocenters. The molecule has 2 fully saturated rings. The largest absolute Gasteiger partial charge is 0.497 e. The van der Waals surface area contributed by atoms with Crippen molar-refractivity contribution in [3.05, 3.63) is 29.8 Å².